The van der Waals surface area contributed by atoms with Crippen LogP contribution in [-0.2, 0) is 4.79 Å². The molecule has 1 saturated carbocycles. The molecule has 0 spiro atoms. The molecular weight excluding hydrogens is 247 g/mol. The number of nitrogens with two attached hydrogens (primary N) is 1. The van der Waals surface area contributed by atoms with Gasteiger partial charge in [-0.1, -0.05) is 6.42 Å². The Bertz CT molecular complexity index is 342. The molecule has 7 heteroatoms. The minimum Gasteiger partial charge on any atom is -0.480 e. The Balaban J connectivity index is 2.06. The lowest BCUT2D eigenvalue weighted by atomic mass is 9.74. The largest absolute Gasteiger partial charge is 0.480 e. The summed E-state index contributed by atoms with van der Waals surface area (Å²) in [5, 5.41) is 30.7. The van der Waals surface area contributed by atoms with Crippen LogP contribution in [0.4, 0.5) is 0 Å². The van der Waals surface area contributed by atoms with E-state index in [0.717, 1.165) is 25.8 Å². The van der Waals surface area contributed by atoms with Crippen molar-refractivity contribution in [1.29, 1.82) is 0 Å². The van der Waals surface area contributed by atoms with Crippen molar-refractivity contribution >= 4 is 13.1 Å². The average Bonchev–Trinajstić information content (AvgIpc) is 2.64. The Kier molecular flexibility index (Phi) is 4.50. The molecule has 0 amide bonds. The highest BCUT2D eigenvalue weighted by Gasteiger charge is 2.57. The Morgan fingerprint density at radius 1 is 1.47 bits per heavy atom. The zero-order valence-electron chi connectivity index (χ0n) is 11.1. The first-order chi connectivity index (χ1) is 8.96. The maximum atomic E-state index is 11.6. The SMILES string of the molecule is NC1(C(=O)O)C(CCCB(O)O)CC2NCCCC21. The van der Waals surface area contributed by atoms with E-state index in [0.29, 0.717) is 12.8 Å². The van der Waals surface area contributed by atoms with E-state index in [-0.39, 0.29) is 24.2 Å². The van der Waals surface area contributed by atoms with Crippen LogP contribution >= 0.6 is 0 Å². The molecule has 0 aromatic heterocycles. The summed E-state index contributed by atoms with van der Waals surface area (Å²) in [6.45, 7) is 0.930. The zero-order chi connectivity index (χ0) is 14.0. The van der Waals surface area contributed by atoms with Crippen molar-refractivity contribution in [2.45, 2.75) is 50.0 Å². The number of carbonyl (C=O) groups is 1. The zero-order valence-corrected chi connectivity index (χ0v) is 11.1. The van der Waals surface area contributed by atoms with Gasteiger partial charge < -0.3 is 26.2 Å². The first-order valence-electron chi connectivity index (χ1n) is 7.08. The Morgan fingerprint density at radius 2 is 2.21 bits per heavy atom. The number of hydrogen-bond donors (Lipinski definition) is 5. The standard InChI is InChI=1S/C12H23BN2O4/c14-12(11(16)17)8(3-1-5-13(18)19)7-10-9(12)4-2-6-15-10/h8-10,15,18-19H,1-7,14H2,(H,16,17). The molecule has 0 aromatic rings. The molecule has 1 heterocycles. The van der Waals surface area contributed by atoms with Crippen LogP contribution in [0.15, 0.2) is 0 Å². The van der Waals surface area contributed by atoms with Crippen LogP contribution < -0.4 is 11.1 Å². The van der Waals surface area contributed by atoms with Crippen LogP contribution in [0, 0.1) is 11.8 Å². The number of rotatable bonds is 5. The van der Waals surface area contributed by atoms with Crippen LogP contribution in [0.2, 0.25) is 6.32 Å². The van der Waals surface area contributed by atoms with Gasteiger partial charge in [0.1, 0.15) is 5.54 Å². The predicted molar refractivity (Wildman–Crippen MR) is 71.4 cm³/mol. The first-order valence-corrected chi connectivity index (χ1v) is 7.08. The number of carboxylic acids is 1. The number of piperidine rings is 1. The molecule has 4 unspecified atom stereocenters. The van der Waals surface area contributed by atoms with E-state index < -0.39 is 18.6 Å². The molecule has 4 atom stereocenters. The Morgan fingerprint density at radius 3 is 2.84 bits per heavy atom. The Hall–Kier alpha value is -0.625. The highest BCUT2D eigenvalue weighted by Crippen LogP contribution is 2.45. The number of aliphatic carboxylic acids is 1. The van der Waals surface area contributed by atoms with E-state index in [1.54, 1.807) is 0 Å². The van der Waals surface area contributed by atoms with Gasteiger partial charge in [-0.05, 0) is 44.5 Å². The van der Waals surface area contributed by atoms with E-state index >= 15 is 0 Å². The number of nitrogens with one attached hydrogen (secondary N) is 1. The van der Waals surface area contributed by atoms with Crippen LogP contribution in [0.25, 0.3) is 0 Å². The van der Waals surface area contributed by atoms with Crippen molar-refractivity contribution in [3.63, 3.8) is 0 Å². The van der Waals surface area contributed by atoms with Gasteiger partial charge in [-0.25, -0.2) is 0 Å². The average molecular weight is 270 g/mol. The fraction of sp³-hybridized carbons (Fsp3) is 0.917. The molecule has 2 fully saturated rings. The number of carboxylic acid groups (broad SMARTS) is 1. The monoisotopic (exact) mass is 270 g/mol. The molecule has 0 bridgehead atoms. The number of hydrogen-bond acceptors (Lipinski definition) is 5. The molecular formula is C12H23BN2O4. The van der Waals surface area contributed by atoms with Crippen molar-refractivity contribution in [3.05, 3.63) is 0 Å². The van der Waals surface area contributed by atoms with Gasteiger partial charge in [-0.15, -0.1) is 0 Å². The first kappa shape index (κ1) is 14.8. The van der Waals surface area contributed by atoms with E-state index in [1.807, 2.05) is 0 Å². The second-order valence-corrected chi connectivity index (χ2v) is 5.89. The highest BCUT2D eigenvalue weighted by atomic mass is 16.4. The van der Waals surface area contributed by atoms with Gasteiger partial charge in [0.15, 0.2) is 0 Å². The minimum atomic E-state index is -1.32. The lowest BCUT2D eigenvalue weighted by molar-refractivity contribution is -0.147. The summed E-state index contributed by atoms with van der Waals surface area (Å²) in [5.74, 6) is -1.02. The fourth-order valence-electron chi connectivity index (χ4n) is 3.81. The van der Waals surface area contributed by atoms with Crippen molar-refractivity contribution in [3.8, 4) is 0 Å². The summed E-state index contributed by atoms with van der Waals surface area (Å²) in [6.07, 6.45) is 4.10. The second-order valence-electron chi connectivity index (χ2n) is 5.89. The highest BCUT2D eigenvalue weighted by molar-refractivity contribution is 6.40. The minimum absolute atomic E-state index is 0.0113. The normalized spacial score (nSPS) is 37.9. The lowest BCUT2D eigenvalue weighted by Crippen LogP contribution is -2.59. The molecule has 19 heavy (non-hydrogen) atoms. The van der Waals surface area contributed by atoms with Crippen molar-refractivity contribution < 1.29 is 19.9 Å². The lowest BCUT2D eigenvalue weighted by Gasteiger charge is -2.36. The third-order valence-electron chi connectivity index (χ3n) is 4.80. The molecule has 2 aliphatic rings. The summed E-state index contributed by atoms with van der Waals surface area (Å²) in [6, 6.07) is 0.193. The predicted octanol–water partition coefficient (Wildman–Crippen LogP) is -0.590. The second kappa shape index (κ2) is 5.79. The molecule has 0 aromatic carbocycles. The summed E-state index contributed by atoms with van der Waals surface area (Å²) in [4.78, 5) is 11.6. The van der Waals surface area contributed by atoms with Gasteiger partial charge in [-0.2, -0.15) is 0 Å². The van der Waals surface area contributed by atoms with E-state index in [9.17, 15) is 9.90 Å². The molecule has 0 radical (unpaired) electrons. The van der Waals surface area contributed by atoms with Gasteiger partial charge in [0, 0.05) is 12.0 Å². The molecule has 1 aliphatic heterocycles. The topological polar surface area (TPSA) is 116 Å². The van der Waals surface area contributed by atoms with E-state index in [4.69, 9.17) is 15.8 Å². The summed E-state index contributed by atoms with van der Waals surface area (Å²) < 4.78 is 0. The van der Waals surface area contributed by atoms with Crippen molar-refractivity contribution in [2.75, 3.05) is 6.54 Å². The third kappa shape index (κ3) is 2.79. The van der Waals surface area contributed by atoms with Crippen molar-refractivity contribution in [1.82, 2.24) is 5.32 Å². The molecule has 6 nitrogen and oxygen atoms in total. The third-order valence-corrected chi connectivity index (χ3v) is 4.80. The van der Waals surface area contributed by atoms with Gasteiger partial charge in [0.25, 0.3) is 0 Å². The summed E-state index contributed by atoms with van der Waals surface area (Å²) in [7, 11) is -1.32. The maximum absolute atomic E-state index is 11.6. The molecule has 1 aliphatic carbocycles. The quantitative estimate of drug-likeness (QED) is 0.426. The van der Waals surface area contributed by atoms with Gasteiger partial charge >= 0.3 is 13.1 Å². The summed E-state index contributed by atoms with van der Waals surface area (Å²) >= 11 is 0. The van der Waals surface area contributed by atoms with E-state index in [1.165, 1.54) is 0 Å². The molecule has 6 N–H and O–H groups in total. The maximum Gasteiger partial charge on any atom is 0.451 e. The van der Waals surface area contributed by atoms with Gasteiger partial charge in [0.05, 0.1) is 0 Å². The molecule has 1 saturated heterocycles. The number of fused-ring (bicyclic) bond motifs is 1. The van der Waals surface area contributed by atoms with E-state index in [2.05, 4.69) is 5.32 Å². The van der Waals surface area contributed by atoms with Crippen LogP contribution in [-0.4, -0.2) is 46.4 Å². The Labute approximate surface area is 113 Å². The fourth-order valence-corrected chi connectivity index (χ4v) is 3.81. The van der Waals surface area contributed by atoms with Crippen LogP contribution in [0.5, 0.6) is 0 Å². The smallest absolute Gasteiger partial charge is 0.451 e. The van der Waals surface area contributed by atoms with Crippen LogP contribution in [0.1, 0.15) is 32.1 Å². The van der Waals surface area contributed by atoms with Crippen LogP contribution in [0.3, 0.4) is 0 Å². The van der Waals surface area contributed by atoms with Gasteiger partial charge in [-0.3, -0.25) is 4.79 Å². The molecule has 108 valence electrons. The van der Waals surface area contributed by atoms with Crippen molar-refractivity contribution in [2.24, 2.45) is 17.6 Å². The van der Waals surface area contributed by atoms with Gasteiger partial charge in [0.2, 0.25) is 0 Å². The summed E-state index contributed by atoms with van der Waals surface area (Å²) in [5.41, 5.74) is 5.08. The molecule has 2 rings (SSSR count).